The molecule has 1 aromatic heterocycles. The highest BCUT2D eigenvalue weighted by atomic mass is 16.6. The number of anilines is 1. The molecule has 248 valence electrons. The molecule has 1 atom stereocenters. The third kappa shape index (κ3) is 7.18. The van der Waals surface area contributed by atoms with Gasteiger partial charge in [0.15, 0.2) is 0 Å². The smallest absolute Gasteiger partial charge is 0.410 e. The number of likely N-dealkylation sites (tertiary alicyclic amines) is 1. The maximum atomic E-state index is 13.4. The molecule has 1 unspecified atom stereocenters. The molecular formula is C35H47N5O6. The topological polar surface area (TPSA) is 133 Å². The van der Waals surface area contributed by atoms with Crippen LogP contribution in [0.25, 0.3) is 11.3 Å². The van der Waals surface area contributed by atoms with Crippen molar-refractivity contribution in [2.24, 2.45) is 5.92 Å². The molecule has 2 aliphatic carbocycles. The zero-order chi connectivity index (χ0) is 32.4. The largest absolute Gasteiger partial charge is 0.507 e. The van der Waals surface area contributed by atoms with Gasteiger partial charge in [-0.05, 0) is 88.5 Å². The van der Waals surface area contributed by atoms with E-state index in [1.54, 1.807) is 17.0 Å². The van der Waals surface area contributed by atoms with E-state index in [1.165, 1.54) is 4.90 Å². The van der Waals surface area contributed by atoms with Crippen LogP contribution in [0.15, 0.2) is 24.3 Å². The van der Waals surface area contributed by atoms with E-state index < -0.39 is 17.7 Å². The summed E-state index contributed by atoms with van der Waals surface area (Å²) in [6, 6.07) is 6.18. The molecule has 3 heterocycles. The Morgan fingerprint density at radius 2 is 1.89 bits per heavy atom. The number of aromatic nitrogens is 1. The zero-order valence-corrected chi connectivity index (χ0v) is 27.3. The van der Waals surface area contributed by atoms with Crippen molar-refractivity contribution >= 4 is 24.0 Å². The van der Waals surface area contributed by atoms with Crippen molar-refractivity contribution in [2.75, 3.05) is 25.0 Å². The van der Waals surface area contributed by atoms with Gasteiger partial charge in [0.1, 0.15) is 22.9 Å². The Balaban J connectivity index is 1.35. The molecule has 1 aromatic carbocycles. The predicted molar refractivity (Wildman–Crippen MR) is 174 cm³/mol. The number of imide groups is 1. The first-order chi connectivity index (χ1) is 22.1. The number of ether oxygens (including phenoxy) is 2. The van der Waals surface area contributed by atoms with Crippen LogP contribution in [0.5, 0.6) is 11.5 Å². The van der Waals surface area contributed by atoms with Crippen LogP contribution in [-0.2, 0) is 11.3 Å². The second-order valence-corrected chi connectivity index (χ2v) is 13.9. The number of carbonyl (C=O) groups excluding carboxylic acids is 3. The van der Waals surface area contributed by atoms with E-state index in [0.717, 1.165) is 68.9 Å². The van der Waals surface area contributed by atoms with Gasteiger partial charge in [-0.25, -0.2) is 24.3 Å². The van der Waals surface area contributed by atoms with E-state index in [-0.39, 0.29) is 30.3 Å². The van der Waals surface area contributed by atoms with Gasteiger partial charge in [-0.3, -0.25) is 5.32 Å². The van der Waals surface area contributed by atoms with Crippen molar-refractivity contribution in [3.8, 4) is 22.8 Å². The minimum atomic E-state index is -0.578. The lowest BCUT2D eigenvalue weighted by atomic mass is 9.86. The molecule has 46 heavy (non-hydrogen) atoms. The van der Waals surface area contributed by atoms with Crippen LogP contribution in [0, 0.1) is 5.92 Å². The number of hydrogen-bond donors (Lipinski definition) is 3. The number of hydrogen-bond acceptors (Lipinski definition) is 7. The molecule has 4 aliphatic rings. The lowest BCUT2D eigenvalue weighted by molar-refractivity contribution is 0.00691. The second-order valence-electron chi connectivity index (χ2n) is 13.9. The molecule has 11 nitrogen and oxygen atoms in total. The van der Waals surface area contributed by atoms with Crippen LogP contribution in [0.2, 0.25) is 0 Å². The number of carbonyl (C=O) groups is 3. The summed E-state index contributed by atoms with van der Waals surface area (Å²) in [5.41, 5.74) is 1.94. The molecule has 2 saturated carbocycles. The number of fused-ring (bicyclic) bond motifs is 1. The van der Waals surface area contributed by atoms with E-state index in [2.05, 4.69) is 10.6 Å². The van der Waals surface area contributed by atoms with E-state index in [1.807, 2.05) is 32.9 Å². The summed E-state index contributed by atoms with van der Waals surface area (Å²) in [5, 5.41) is 17.0. The third-order valence-electron chi connectivity index (χ3n) is 9.89. The first-order valence-electron chi connectivity index (χ1n) is 17.0. The molecule has 3 N–H and O–H groups in total. The third-order valence-corrected chi connectivity index (χ3v) is 9.89. The van der Waals surface area contributed by atoms with Gasteiger partial charge in [-0.15, -0.1) is 0 Å². The second kappa shape index (κ2) is 13.4. The molecule has 0 spiro atoms. The molecule has 5 amide bonds. The fourth-order valence-electron chi connectivity index (χ4n) is 6.57. The summed E-state index contributed by atoms with van der Waals surface area (Å²) >= 11 is 0. The van der Waals surface area contributed by atoms with Crippen LogP contribution in [0.3, 0.4) is 0 Å². The van der Waals surface area contributed by atoms with Gasteiger partial charge in [-0.2, -0.15) is 0 Å². The number of phenolic OH excluding ortho intramolecular Hbond substituents is 1. The van der Waals surface area contributed by atoms with Gasteiger partial charge in [0.2, 0.25) is 0 Å². The quantitative estimate of drug-likeness (QED) is 0.281. The number of urea groups is 2. The SMILES string of the molecule is CCC(C)(C)OC(=O)N1CCCC(c2cc(-c3c(O)cccc3OCC3CC3)nc3c2CN(C(=O)NC2CCCCC2)C(=O)N3)C1. The summed E-state index contributed by atoms with van der Waals surface area (Å²) in [6.45, 7) is 7.42. The summed E-state index contributed by atoms with van der Waals surface area (Å²) in [4.78, 5) is 47.8. The Kier molecular flexibility index (Phi) is 9.29. The van der Waals surface area contributed by atoms with Crippen LogP contribution in [0.1, 0.15) is 102 Å². The zero-order valence-electron chi connectivity index (χ0n) is 27.3. The highest BCUT2D eigenvalue weighted by molar-refractivity contribution is 6.02. The van der Waals surface area contributed by atoms with Crippen LogP contribution in [-0.4, -0.2) is 69.4 Å². The Morgan fingerprint density at radius 1 is 1.11 bits per heavy atom. The Hall–Kier alpha value is -4.02. The summed E-state index contributed by atoms with van der Waals surface area (Å²) < 4.78 is 12.0. The fraction of sp³-hybridized carbons (Fsp3) is 0.600. The predicted octanol–water partition coefficient (Wildman–Crippen LogP) is 7.14. The summed E-state index contributed by atoms with van der Waals surface area (Å²) in [7, 11) is 0. The van der Waals surface area contributed by atoms with Crippen molar-refractivity contribution in [1.82, 2.24) is 20.1 Å². The average molecular weight is 634 g/mol. The molecule has 3 fully saturated rings. The van der Waals surface area contributed by atoms with Crippen molar-refractivity contribution in [3.63, 3.8) is 0 Å². The maximum absolute atomic E-state index is 13.4. The van der Waals surface area contributed by atoms with E-state index >= 15 is 0 Å². The number of phenols is 1. The number of nitrogens with zero attached hydrogens (tertiary/aromatic N) is 3. The molecule has 2 aliphatic heterocycles. The number of benzene rings is 1. The van der Waals surface area contributed by atoms with Crippen LogP contribution < -0.4 is 15.4 Å². The minimum absolute atomic E-state index is 0.0259. The highest BCUT2D eigenvalue weighted by Crippen LogP contribution is 2.43. The van der Waals surface area contributed by atoms with Crippen molar-refractivity contribution in [3.05, 3.63) is 35.4 Å². The average Bonchev–Trinajstić information content (AvgIpc) is 3.88. The van der Waals surface area contributed by atoms with E-state index in [4.69, 9.17) is 14.5 Å². The molecule has 2 aromatic rings. The van der Waals surface area contributed by atoms with Gasteiger partial charge >= 0.3 is 18.2 Å². The number of amides is 5. The number of piperidine rings is 1. The minimum Gasteiger partial charge on any atom is -0.507 e. The number of aromatic hydroxyl groups is 1. The van der Waals surface area contributed by atoms with Crippen molar-refractivity contribution < 1.29 is 29.0 Å². The molecular weight excluding hydrogens is 586 g/mol. The summed E-state index contributed by atoms with van der Waals surface area (Å²) in [5.74, 6) is 1.30. The molecule has 0 radical (unpaired) electrons. The Bertz CT molecular complexity index is 1470. The van der Waals surface area contributed by atoms with Crippen LogP contribution >= 0.6 is 0 Å². The lowest BCUT2D eigenvalue weighted by Gasteiger charge is -2.37. The lowest BCUT2D eigenvalue weighted by Crippen LogP contribution is -2.51. The maximum Gasteiger partial charge on any atom is 0.410 e. The summed E-state index contributed by atoms with van der Waals surface area (Å²) in [6.07, 6.45) is 9.26. The molecule has 11 heteroatoms. The van der Waals surface area contributed by atoms with Gasteiger partial charge in [0, 0.05) is 30.6 Å². The van der Waals surface area contributed by atoms with Gasteiger partial charge in [-0.1, -0.05) is 32.3 Å². The normalized spacial score (nSPS) is 20.5. The van der Waals surface area contributed by atoms with Crippen molar-refractivity contribution in [2.45, 2.75) is 109 Å². The monoisotopic (exact) mass is 633 g/mol. The van der Waals surface area contributed by atoms with Gasteiger partial charge in [0.05, 0.1) is 24.4 Å². The fourth-order valence-corrected chi connectivity index (χ4v) is 6.57. The first-order valence-corrected chi connectivity index (χ1v) is 17.0. The number of rotatable bonds is 8. The van der Waals surface area contributed by atoms with E-state index in [0.29, 0.717) is 54.9 Å². The van der Waals surface area contributed by atoms with Gasteiger partial charge < -0.3 is 24.8 Å². The van der Waals surface area contributed by atoms with Crippen molar-refractivity contribution in [1.29, 1.82) is 0 Å². The number of nitrogens with one attached hydrogen (secondary N) is 2. The van der Waals surface area contributed by atoms with Crippen LogP contribution in [0.4, 0.5) is 20.2 Å². The first kappa shape index (κ1) is 31.9. The van der Waals surface area contributed by atoms with Gasteiger partial charge in [0.25, 0.3) is 0 Å². The van der Waals surface area contributed by atoms with E-state index in [9.17, 15) is 19.5 Å². The molecule has 0 bridgehead atoms. The standard InChI is InChI=1S/C35H47N5O6/c1-4-35(2,3)46-34(44)39-17-9-10-23(19-39)25-18-27(30-28(41)13-8-14-29(30)45-21-22-15-16-22)37-31-26(25)20-40(33(43)38-31)32(42)36-24-11-6-5-7-12-24/h8,13-14,18,22-24,41H,4-7,9-12,15-17,19-21H2,1-3H3,(H,36,42)(H,37,38,43). The molecule has 1 saturated heterocycles. The Labute approximate surface area is 271 Å². The Morgan fingerprint density at radius 3 is 2.63 bits per heavy atom. The molecule has 6 rings (SSSR count). The highest BCUT2D eigenvalue weighted by Gasteiger charge is 2.37. The number of pyridine rings is 1.